The van der Waals surface area contributed by atoms with Gasteiger partial charge in [-0.2, -0.15) is 0 Å². The van der Waals surface area contributed by atoms with Gasteiger partial charge in [0.1, 0.15) is 0 Å². The van der Waals surface area contributed by atoms with Crippen molar-refractivity contribution in [3.63, 3.8) is 0 Å². The summed E-state index contributed by atoms with van der Waals surface area (Å²) < 4.78 is 10.6. The second-order valence-electron chi connectivity index (χ2n) is 3.33. The second kappa shape index (κ2) is 6.44. The summed E-state index contributed by atoms with van der Waals surface area (Å²) in [5.74, 6) is 0.519. The highest BCUT2D eigenvalue weighted by molar-refractivity contribution is 4.71. The first kappa shape index (κ1) is 11.9. The predicted molar refractivity (Wildman–Crippen MR) is 51.3 cm³/mol. The molecule has 0 aromatic rings. The van der Waals surface area contributed by atoms with Gasteiger partial charge < -0.3 is 9.47 Å². The first-order valence-electron chi connectivity index (χ1n) is 4.72. The molecule has 0 fully saturated rings. The molecule has 0 amide bonds. The molecule has 2 unspecified atom stereocenters. The Hall–Kier alpha value is -0.0800. The van der Waals surface area contributed by atoms with Crippen molar-refractivity contribution in [1.82, 2.24) is 0 Å². The Morgan fingerprint density at radius 2 is 1.42 bits per heavy atom. The van der Waals surface area contributed by atoms with Crippen molar-refractivity contribution in [2.24, 2.45) is 5.92 Å². The molecule has 0 radical (unpaired) electrons. The van der Waals surface area contributed by atoms with E-state index in [1.807, 2.05) is 0 Å². The van der Waals surface area contributed by atoms with Gasteiger partial charge >= 0.3 is 0 Å². The zero-order valence-corrected chi connectivity index (χ0v) is 8.96. The van der Waals surface area contributed by atoms with Crippen molar-refractivity contribution in [1.29, 1.82) is 0 Å². The topological polar surface area (TPSA) is 18.5 Å². The van der Waals surface area contributed by atoms with Crippen LogP contribution in [0.1, 0.15) is 33.6 Å². The Balaban J connectivity index is 4.01. The van der Waals surface area contributed by atoms with E-state index < -0.39 is 0 Å². The number of hydrogen-bond acceptors (Lipinski definition) is 2. The maximum atomic E-state index is 5.31. The summed E-state index contributed by atoms with van der Waals surface area (Å²) in [6, 6.07) is 0. The van der Waals surface area contributed by atoms with Crippen LogP contribution >= 0.6 is 0 Å². The third-order valence-electron chi connectivity index (χ3n) is 2.57. The molecule has 2 atom stereocenters. The summed E-state index contributed by atoms with van der Waals surface area (Å²) in [4.78, 5) is 0. The lowest BCUT2D eigenvalue weighted by Crippen LogP contribution is -2.30. The Morgan fingerprint density at radius 1 is 1.00 bits per heavy atom. The van der Waals surface area contributed by atoms with Crippen molar-refractivity contribution in [3.05, 3.63) is 0 Å². The fourth-order valence-electron chi connectivity index (χ4n) is 1.53. The van der Waals surface area contributed by atoms with E-state index in [0.29, 0.717) is 18.1 Å². The number of methoxy groups -OCH3 is 2. The average Bonchev–Trinajstić information content (AvgIpc) is 2.11. The molecule has 0 heterocycles. The lowest BCUT2D eigenvalue weighted by Gasteiger charge is -2.27. The Kier molecular flexibility index (Phi) is 6.39. The van der Waals surface area contributed by atoms with Gasteiger partial charge in [0.25, 0.3) is 0 Å². The molecule has 12 heavy (non-hydrogen) atoms. The molecule has 0 bridgehead atoms. The molecule has 0 aromatic carbocycles. The van der Waals surface area contributed by atoms with Crippen molar-refractivity contribution in [3.8, 4) is 0 Å². The van der Waals surface area contributed by atoms with Crippen LogP contribution in [0.15, 0.2) is 0 Å². The first-order chi connectivity index (χ1) is 5.67. The average molecular weight is 174 g/mol. The van der Waals surface area contributed by atoms with E-state index in [0.717, 1.165) is 0 Å². The first-order valence-corrected chi connectivity index (χ1v) is 4.72. The van der Waals surface area contributed by atoms with E-state index in [4.69, 9.17) is 9.47 Å². The normalized spacial score (nSPS) is 18.8. The van der Waals surface area contributed by atoms with Crippen LogP contribution in [0.2, 0.25) is 0 Å². The fourth-order valence-corrected chi connectivity index (χ4v) is 1.53. The van der Waals surface area contributed by atoms with Crippen molar-refractivity contribution in [2.45, 2.75) is 45.8 Å². The van der Waals surface area contributed by atoms with Gasteiger partial charge in [0.05, 0.1) is 12.2 Å². The van der Waals surface area contributed by atoms with E-state index >= 15 is 0 Å². The van der Waals surface area contributed by atoms with Crippen LogP contribution in [0.3, 0.4) is 0 Å². The minimum Gasteiger partial charge on any atom is -0.381 e. The quantitative estimate of drug-likeness (QED) is 0.616. The van der Waals surface area contributed by atoms with Crippen LogP contribution in [-0.4, -0.2) is 26.4 Å². The number of hydrogen-bond donors (Lipinski definition) is 0. The van der Waals surface area contributed by atoms with Crippen LogP contribution in [0, 0.1) is 5.92 Å². The lowest BCUT2D eigenvalue weighted by molar-refractivity contribution is -0.0205. The fraction of sp³-hybridized carbons (Fsp3) is 1.00. The molecule has 2 nitrogen and oxygen atoms in total. The van der Waals surface area contributed by atoms with Gasteiger partial charge in [-0.15, -0.1) is 0 Å². The van der Waals surface area contributed by atoms with E-state index in [1.165, 1.54) is 12.8 Å². The van der Waals surface area contributed by atoms with Crippen LogP contribution in [0.4, 0.5) is 0 Å². The van der Waals surface area contributed by atoms with Crippen molar-refractivity contribution in [2.75, 3.05) is 14.2 Å². The monoisotopic (exact) mass is 174 g/mol. The smallest absolute Gasteiger partial charge is 0.0596 e. The number of rotatable bonds is 6. The summed E-state index contributed by atoms with van der Waals surface area (Å²) >= 11 is 0. The molecule has 0 aliphatic rings. The minimum absolute atomic E-state index is 0.292. The standard InChI is InChI=1S/C10H22O2/c1-6-7-10(8(2)11-4)9(3)12-5/h8-10H,6-7H2,1-5H3. The largest absolute Gasteiger partial charge is 0.381 e. The van der Waals surface area contributed by atoms with Crippen molar-refractivity contribution < 1.29 is 9.47 Å². The van der Waals surface area contributed by atoms with Gasteiger partial charge in [-0.1, -0.05) is 13.3 Å². The molecule has 0 aliphatic carbocycles. The highest BCUT2D eigenvalue weighted by Crippen LogP contribution is 2.19. The van der Waals surface area contributed by atoms with Crippen LogP contribution in [-0.2, 0) is 9.47 Å². The van der Waals surface area contributed by atoms with Gasteiger partial charge in [0.2, 0.25) is 0 Å². The molecule has 0 saturated heterocycles. The maximum Gasteiger partial charge on any atom is 0.0596 e. The zero-order chi connectivity index (χ0) is 9.56. The molecule has 0 spiro atoms. The van der Waals surface area contributed by atoms with Gasteiger partial charge in [-0.05, 0) is 20.3 Å². The highest BCUT2D eigenvalue weighted by atomic mass is 16.5. The molecule has 0 aromatic heterocycles. The van der Waals surface area contributed by atoms with Gasteiger partial charge in [0, 0.05) is 20.1 Å². The van der Waals surface area contributed by atoms with Crippen LogP contribution in [0.25, 0.3) is 0 Å². The molecular weight excluding hydrogens is 152 g/mol. The van der Waals surface area contributed by atoms with Gasteiger partial charge in [-0.25, -0.2) is 0 Å². The molecule has 2 heteroatoms. The second-order valence-corrected chi connectivity index (χ2v) is 3.33. The van der Waals surface area contributed by atoms with Crippen LogP contribution in [0.5, 0.6) is 0 Å². The molecule has 0 aliphatic heterocycles. The molecule has 74 valence electrons. The Bertz CT molecular complexity index is 94.0. The highest BCUT2D eigenvalue weighted by Gasteiger charge is 2.22. The molecular formula is C10H22O2. The summed E-state index contributed by atoms with van der Waals surface area (Å²) in [6.45, 7) is 6.41. The maximum absolute atomic E-state index is 5.31. The summed E-state index contributed by atoms with van der Waals surface area (Å²) in [6.07, 6.45) is 2.94. The number of ether oxygens (including phenoxy) is 2. The van der Waals surface area contributed by atoms with E-state index in [2.05, 4.69) is 20.8 Å². The predicted octanol–water partition coefficient (Wildman–Crippen LogP) is 2.47. The summed E-state index contributed by atoms with van der Waals surface area (Å²) in [7, 11) is 3.52. The summed E-state index contributed by atoms with van der Waals surface area (Å²) in [5, 5.41) is 0. The molecule has 0 N–H and O–H groups in total. The SMILES string of the molecule is CCCC(C(C)OC)C(C)OC. The van der Waals surface area contributed by atoms with Gasteiger partial charge in [0.15, 0.2) is 0 Å². The Labute approximate surface area is 76.3 Å². The van der Waals surface area contributed by atoms with Crippen molar-refractivity contribution >= 4 is 0 Å². The minimum atomic E-state index is 0.292. The zero-order valence-electron chi connectivity index (χ0n) is 8.96. The van der Waals surface area contributed by atoms with Crippen LogP contribution < -0.4 is 0 Å². The molecule has 0 saturated carbocycles. The summed E-state index contributed by atoms with van der Waals surface area (Å²) in [5.41, 5.74) is 0. The molecule has 0 rings (SSSR count). The van der Waals surface area contributed by atoms with E-state index in [-0.39, 0.29) is 0 Å². The Morgan fingerprint density at radius 3 is 1.67 bits per heavy atom. The lowest BCUT2D eigenvalue weighted by atomic mass is 9.93. The van der Waals surface area contributed by atoms with Gasteiger partial charge in [-0.3, -0.25) is 0 Å². The van der Waals surface area contributed by atoms with E-state index in [9.17, 15) is 0 Å². The third kappa shape index (κ3) is 3.55. The third-order valence-corrected chi connectivity index (χ3v) is 2.57. The van der Waals surface area contributed by atoms with E-state index in [1.54, 1.807) is 14.2 Å².